The van der Waals surface area contributed by atoms with Gasteiger partial charge in [0.2, 0.25) is 17.6 Å². The number of nitrogens with one attached hydrogen (secondary N) is 1. The van der Waals surface area contributed by atoms with Gasteiger partial charge in [0.05, 0.1) is 24.8 Å². The van der Waals surface area contributed by atoms with E-state index in [1.807, 2.05) is 6.07 Å². The van der Waals surface area contributed by atoms with Crippen LogP contribution in [0.1, 0.15) is 25.3 Å². The van der Waals surface area contributed by atoms with Gasteiger partial charge in [0.25, 0.3) is 5.91 Å². The standard InChI is InChI=1S/C27H33N7O6S/c1-15(23(28)36)32-24(37)18(10-7-11-31-26(29)30)34-25(38)21(41-27(34)33-17-8-5-4-6-9-17)14-16-12-19(39-2)22(35)20(13-16)40-3/h4-6,8-9,12-15,18,35H,7,10-11H2,1-3H3,(H2,28,36)(H,32,37)(H4,29,30,31)/b21-14-,33-27?/t15-,18?/m0/s1. The lowest BCUT2D eigenvalue weighted by Crippen LogP contribution is -2.53. The second kappa shape index (κ2) is 14.1. The Morgan fingerprint density at radius 1 is 1.12 bits per heavy atom. The van der Waals surface area contributed by atoms with Crippen molar-refractivity contribution in [3.05, 3.63) is 52.9 Å². The number of amides is 3. The van der Waals surface area contributed by atoms with Crippen LogP contribution in [0.4, 0.5) is 5.69 Å². The van der Waals surface area contributed by atoms with E-state index in [0.29, 0.717) is 17.7 Å². The van der Waals surface area contributed by atoms with Gasteiger partial charge in [-0.15, -0.1) is 0 Å². The van der Waals surface area contributed by atoms with Crippen LogP contribution in [-0.2, 0) is 14.4 Å². The molecule has 1 fully saturated rings. The number of phenolic OH excluding ortho intramolecular Hbond substituents is 1. The molecule has 0 spiro atoms. The van der Waals surface area contributed by atoms with Crippen molar-refractivity contribution in [3.63, 3.8) is 0 Å². The Hall–Kier alpha value is -4.72. The number of amidine groups is 1. The molecule has 1 aliphatic rings. The van der Waals surface area contributed by atoms with Crippen molar-refractivity contribution >= 4 is 52.4 Å². The number of hydrogen-bond donors (Lipinski definition) is 5. The number of thioether (sulfide) groups is 1. The van der Waals surface area contributed by atoms with Gasteiger partial charge in [0, 0.05) is 6.54 Å². The molecule has 1 aliphatic heterocycles. The molecule has 3 rings (SSSR count). The summed E-state index contributed by atoms with van der Waals surface area (Å²) in [4.78, 5) is 49.2. The van der Waals surface area contributed by atoms with Crippen molar-refractivity contribution in [2.24, 2.45) is 27.2 Å². The van der Waals surface area contributed by atoms with Gasteiger partial charge in [-0.25, -0.2) is 4.99 Å². The van der Waals surface area contributed by atoms with Gasteiger partial charge in [-0.2, -0.15) is 0 Å². The summed E-state index contributed by atoms with van der Waals surface area (Å²) in [6.07, 6.45) is 2.08. The number of primary amides is 1. The van der Waals surface area contributed by atoms with Gasteiger partial charge in [-0.1, -0.05) is 18.2 Å². The number of ether oxygens (including phenoxy) is 2. The van der Waals surface area contributed by atoms with Gasteiger partial charge >= 0.3 is 0 Å². The Morgan fingerprint density at radius 2 is 1.76 bits per heavy atom. The number of nitrogens with zero attached hydrogens (tertiary/aromatic N) is 3. The SMILES string of the molecule is COc1cc(/C=C2\SC(=Nc3ccccc3)N(C(CCCN=C(N)N)C(=O)N[C@@H](C)C(N)=O)C2=O)cc(OC)c1O. The van der Waals surface area contributed by atoms with Gasteiger partial charge in [-0.05, 0) is 67.4 Å². The molecule has 0 aromatic heterocycles. The highest BCUT2D eigenvalue weighted by Gasteiger charge is 2.41. The molecule has 1 heterocycles. The van der Waals surface area contributed by atoms with E-state index >= 15 is 0 Å². The number of guanidine groups is 1. The van der Waals surface area contributed by atoms with Crippen LogP contribution in [-0.4, -0.2) is 71.7 Å². The summed E-state index contributed by atoms with van der Waals surface area (Å²) in [5.74, 6) is -1.80. The van der Waals surface area contributed by atoms with Gasteiger partial charge in [0.15, 0.2) is 22.6 Å². The Morgan fingerprint density at radius 3 is 2.32 bits per heavy atom. The van der Waals surface area contributed by atoms with E-state index in [1.54, 1.807) is 42.5 Å². The zero-order valence-electron chi connectivity index (χ0n) is 22.9. The fraction of sp³-hybridized carbons (Fsp3) is 0.296. The minimum atomic E-state index is -1.07. The fourth-order valence-corrected chi connectivity index (χ4v) is 4.89. The van der Waals surface area contributed by atoms with E-state index in [-0.39, 0.29) is 46.2 Å². The number of aromatic hydroxyl groups is 1. The predicted octanol–water partition coefficient (Wildman–Crippen LogP) is 1.43. The molecule has 0 bridgehead atoms. The Balaban J connectivity index is 2.09. The zero-order chi connectivity index (χ0) is 30.1. The van der Waals surface area contributed by atoms with E-state index in [0.717, 1.165) is 11.8 Å². The summed E-state index contributed by atoms with van der Waals surface area (Å²) in [6, 6.07) is 9.99. The third kappa shape index (κ3) is 7.91. The molecular weight excluding hydrogens is 550 g/mol. The summed E-state index contributed by atoms with van der Waals surface area (Å²) in [5, 5.41) is 13.1. The van der Waals surface area contributed by atoms with Crippen molar-refractivity contribution in [1.82, 2.24) is 10.2 Å². The molecule has 218 valence electrons. The largest absolute Gasteiger partial charge is 0.502 e. The Kier molecular flexibility index (Phi) is 10.6. The van der Waals surface area contributed by atoms with Crippen LogP contribution in [0.15, 0.2) is 57.4 Å². The normalized spacial score (nSPS) is 16.4. The highest BCUT2D eigenvalue weighted by molar-refractivity contribution is 8.18. The van der Waals surface area contributed by atoms with Crippen LogP contribution in [0.2, 0.25) is 0 Å². The third-order valence-electron chi connectivity index (χ3n) is 5.95. The molecule has 13 nitrogen and oxygen atoms in total. The Labute approximate surface area is 241 Å². The quantitative estimate of drug-likeness (QED) is 0.106. The minimum absolute atomic E-state index is 0.0996. The fourth-order valence-electron chi connectivity index (χ4n) is 3.85. The number of carbonyl (C=O) groups is 3. The minimum Gasteiger partial charge on any atom is -0.502 e. The van der Waals surface area contributed by atoms with E-state index in [1.165, 1.54) is 26.0 Å². The summed E-state index contributed by atoms with van der Waals surface area (Å²) >= 11 is 1.07. The van der Waals surface area contributed by atoms with Crippen LogP contribution >= 0.6 is 11.8 Å². The lowest BCUT2D eigenvalue weighted by Gasteiger charge is -2.27. The van der Waals surface area contributed by atoms with E-state index in [2.05, 4.69) is 15.3 Å². The van der Waals surface area contributed by atoms with Crippen molar-refractivity contribution in [2.75, 3.05) is 20.8 Å². The first-order valence-corrected chi connectivity index (χ1v) is 13.3. The second-order valence-electron chi connectivity index (χ2n) is 8.89. The Bertz CT molecular complexity index is 1350. The topological polar surface area (TPSA) is 208 Å². The first-order valence-electron chi connectivity index (χ1n) is 12.5. The van der Waals surface area contributed by atoms with Gasteiger partial charge < -0.3 is 37.1 Å². The van der Waals surface area contributed by atoms with E-state index < -0.39 is 29.8 Å². The number of carbonyl (C=O) groups excluding carboxylic acids is 3. The zero-order valence-corrected chi connectivity index (χ0v) is 23.7. The number of aliphatic imine (C=N–C) groups is 2. The molecule has 41 heavy (non-hydrogen) atoms. The summed E-state index contributed by atoms with van der Waals surface area (Å²) in [7, 11) is 2.79. The third-order valence-corrected chi connectivity index (χ3v) is 6.93. The lowest BCUT2D eigenvalue weighted by atomic mass is 10.1. The van der Waals surface area contributed by atoms with Crippen LogP contribution in [0, 0.1) is 0 Å². The van der Waals surface area contributed by atoms with Crippen LogP contribution in [0.3, 0.4) is 0 Å². The number of methoxy groups -OCH3 is 2. The van der Waals surface area contributed by atoms with Gasteiger partial charge in [-0.3, -0.25) is 24.3 Å². The van der Waals surface area contributed by atoms with Crippen molar-refractivity contribution in [2.45, 2.75) is 31.8 Å². The molecule has 2 aromatic carbocycles. The first kappa shape index (κ1) is 30.8. The molecule has 8 N–H and O–H groups in total. The summed E-state index contributed by atoms with van der Waals surface area (Å²) < 4.78 is 10.5. The average molecular weight is 584 g/mol. The number of benzene rings is 2. The molecule has 1 unspecified atom stereocenters. The molecule has 0 saturated carbocycles. The number of nitrogens with two attached hydrogens (primary N) is 3. The van der Waals surface area contributed by atoms with Crippen molar-refractivity contribution in [3.8, 4) is 17.2 Å². The highest BCUT2D eigenvalue weighted by Crippen LogP contribution is 2.40. The molecule has 2 aromatic rings. The number of para-hydroxylation sites is 1. The molecule has 14 heteroatoms. The first-order chi connectivity index (χ1) is 19.5. The van der Waals surface area contributed by atoms with E-state index in [4.69, 9.17) is 26.7 Å². The maximum atomic E-state index is 13.9. The molecule has 1 saturated heterocycles. The number of phenols is 1. The average Bonchev–Trinajstić information content (AvgIpc) is 3.23. The number of rotatable bonds is 12. The maximum absolute atomic E-state index is 13.9. The highest BCUT2D eigenvalue weighted by atomic mass is 32.2. The predicted molar refractivity (Wildman–Crippen MR) is 158 cm³/mol. The molecule has 3 amide bonds. The van der Waals surface area contributed by atoms with Gasteiger partial charge in [0.1, 0.15) is 12.1 Å². The second-order valence-corrected chi connectivity index (χ2v) is 9.90. The summed E-state index contributed by atoms with van der Waals surface area (Å²) in [6.45, 7) is 1.67. The molecule has 0 radical (unpaired) electrons. The number of hydrogen-bond acceptors (Lipinski definition) is 9. The van der Waals surface area contributed by atoms with E-state index in [9.17, 15) is 19.5 Å². The van der Waals surface area contributed by atoms with Crippen LogP contribution in [0.25, 0.3) is 6.08 Å². The van der Waals surface area contributed by atoms with Crippen LogP contribution in [0.5, 0.6) is 17.2 Å². The molecule has 2 atom stereocenters. The van der Waals surface area contributed by atoms with Crippen LogP contribution < -0.4 is 32.0 Å². The van der Waals surface area contributed by atoms with Crippen molar-refractivity contribution < 1.29 is 29.0 Å². The smallest absolute Gasteiger partial charge is 0.267 e. The summed E-state index contributed by atoms with van der Waals surface area (Å²) in [5.41, 5.74) is 17.3. The monoisotopic (exact) mass is 583 g/mol. The molecular formula is C27H33N7O6S. The lowest BCUT2D eigenvalue weighted by molar-refractivity contribution is -0.134. The maximum Gasteiger partial charge on any atom is 0.267 e. The molecule has 0 aliphatic carbocycles. The van der Waals surface area contributed by atoms with Crippen molar-refractivity contribution in [1.29, 1.82) is 0 Å².